The Kier molecular flexibility index (Phi) is 3.29. The molecule has 70 valence electrons. The van der Waals surface area contributed by atoms with Gasteiger partial charge in [0.1, 0.15) is 0 Å². The highest BCUT2D eigenvalue weighted by molar-refractivity contribution is 4.93. The van der Waals surface area contributed by atoms with Gasteiger partial charge < -0.3 is 5.11 Å². The van der Waals surface area contributed by atoms with Gasteiger partial charge >= 0.3 is 0 Å². The predicted molar refractivity (Wildman–Crippen MR) is 51.0 cm³/mol. The molecular formula is C10H19NO. The summed E-state index contributed by atoms with van der Waals surface area (Å²) in [5.74, 6) is 0.765. The molecule has 1 heterocycles. The van der Waals surface area contributed by atoms with Gasteiger partial charge in [0.15, 0.2) is 0 Å². The second-order valence-electron chi connectivity index (χ2n) is 4.04. The molecule has 2 nitrogen and oxygen atoms in total. The molecule has 12 heavy (non-hydrogen) atoms. The van der Waals surface area contributed by atoms with Gasteiger partial charge in [-0.05, 0) is 12.3 Å². The van der Waals surface area contributed by atoms with Crippen LogP contribution in [-0.4, -0.2) is 35.2 Å². The van der Waals surface area contributed by atoms with Gasteiger partial charge in [-0.25, -0.2) is 0 Å². The number of hydrogen-bond donors (Lipinski definition) is 1. The molecule has 2 heteroatoms. The van der Waals surface area contributed by atoms with E-state index in [4.69, 9.17) is 0 Å². The summed E-state index contributed by atoms with van der Waals surface area (Å²) in [5.41, 5.74) is 0. The summed E-state index contributed by atoms with van der Waals surface area (Å²) in [6.07, 6.45) is 2.51. The minimum absolute atomic E-state index is 0.345. The van der Waals surface area contributed by atoms with Crippen LogP contribution in [0, 0.1) is 5.92 Å². The van der Waals surface area contributed by atoms with E-state index in [1.165, 1.54) is 6.42 Å². The zero-order valence-electron chi connectivity index (χ0n) is 8.03. The van der Waals surface area contributed by atoms with Crippen molar-refractivity contribution in [2.24, 2.45) is 5.92 Å². The fourth-order valence-electron chi connectivity index (χ4n) is 1.53. The Balaban J connectivity index is 2.11. The van der Waals surface area contributed by atoms with Crippen molar-refractivity contribution in [3.8, 4) is 0 Å². The Morgan fingerprint density at radius 2 is 2.33 bits per heavy atom. The van der Waals surface area contributed by atoms with E-state index in [1.807, 2.05) is 0 Å². The van der Waals surface area contributed by atoms with E-state index >= 15 is 0 Å². The van der Waals surface area contributed by atoms with Crippen molar-refractivity contribution in [2.75, 3.05) is 13.1 Å². The van der Waals surface area contributed by atoms with Gasteiger partial charge in [0.25, 0.3) is 0 Å². The third kappa shape index (κ3) is 2.95. The molecule has 0 aromatic heterocycles. The van der Waals surface area contributed by atoms with Crippen molar-refractivity contribution in [2.45, 2.75) is 32.4 Å². The van der Waals surface area contributed by atoms with Crippen LogP contribution in [0.15, 0.2) is 12.7 Å². The summed E-state index contributed by atoms with van der Waals surface area (Å²) in [7, 11) is 0. The quantitative estimate of drug-likeness (QED) is 0.495. The third-order valence-electron chi connectivity index (χ3n) is 2.27. The van der Waals surface area contributed by atoms with Crippen LogP contribution in [-0.2, 0) is 0 Å². The first-order chi connectivity index (χ1) is 5.63. The number of rotatable bonds is 5. The van der Waals surface area contributed by atoms with Crippen molar-refractivity contribution in [3.05, 3.63) is 12.7 Å². The van der Waals surface area contributed by atoms with E-state index in [0.29, 0.717) is 0 Å². The van der Waals surface area contributed by atoms with E-state index < -0.39 is 0 Å². The fraction of sp³-hybridized carbons (Fsp3) is 0.800. The number of hydrogen-bond acceptors (Lipinski definition) is 2. The monoisotopic (exact) mass is 169 g/mol. The predicted octanol–water partition coefficient (Wildman–Crippen LogP) is 1.26. The molecule has 1 saturated heterocycles. The van der Waals surface area contributed by atoms with E-state index in [1.54, 1.807) is 6.08 Å². The van der Waals surface area contributed by atoms with Crippen molar-refractivity contribution in [1.82, 2.24) is 4.90 Å². The molecule has 3 atom stereocenters. The topological polar surface area (TPSA) is 23.2 Å². The van der Waals surface area contributed by atoms with Gasteiger partial charge in [0.2, 0.25) is 0 Å². The molecule has 1 rings (SSSR count). The second-order valence-corrected chi connectivity index (χ2v) is 4.04. The van der Waals surface area contributed by atoms with Gasteiger partial charge in [0, 0.05) is 19.1 Å². The maximum Gasteiger partial charge on any atom is 0.0845 e. The number of aliphatic hydroxyl groups is 1. The first-order valence-electron chi connectivity index (χ1n) is 4.68. The molecule has 1 aliphatic rings. The minimum atomic E-state index is -0.345. The summed E-state index contributed by atoms with van der Waals surface area (Å²) in [6, 6.07) is 0.722. The average Bonchev–Trinajstić information content (AvgIpc) is 2.66. The Labute approximate surface area is 74.9 Å². The summed E-state index contributed by atoms with van der Waals surface area (Å²) in [5, 5.41) is 9.26. The van der Waals surface area contributed by atoms with Crippen molar-refractivity contribution < 1.29 is 5.11 Å². The fourth-order valence-corrected chi connectivity index (χ4v) is 1.53. The van der Waals surface area contributed by atoms with E-state index in [0.717, 1.165) is 25.0 Å². The van der Waals surface area contributed by atoms with Gasteiger partial charge in [-0.2, -0.15) is 0 Å². The van der Waals surface area contributed by atoms with Gasteiger partial charge in [-0.1, -0.05) is 19.9 Å². The zero-order valence-corrected chi connectivity index (χ0v) is 8.03. The van der Waals surface area contributed by atoms with E-state index in [-0.39, 0.29) is 6.10 Å². The smallest absolute Gasteiger partial charge is 0.0845 e. The molecule has 1 fully saturated rings. The molecule has 0 aromatic rings. The number of β-amino-alcohol motifs (C(OH)–C–C–N with tert-alkyl or cyclic N) is 1. The summed E-state index contributed by atoms with van der Waals surface area (Å²) >= 11 is 0. The molecule has 1 unspecified atom stereocenters. The maximum atomic E-state index is 9.26. The Bertz CT molecular complexity index is 156. The van der Waals surface area contributed by atoms with Crippen LogP contribution < -0.4 is 0 Å². The lowest BCUT2D eigenvalue weighted by atomic mass is 10.1. The van der Waals surface area contributed by atoms with Gasteiger partial charge in [-0.15, -0.1) is 6.58 Å². The second kappa shape index (κ2) is 4.06. The summed E-state index contributed by atoms with van der Waals surface area (Å²) < 4.78 is 0. The van der Waals surface area contributed by atoms with Crippen LogP contribution in [0.2, 0.25) is 0 Å². The molecule has 1 N–H and O–H groups in total. The van der Waals surface area contributed by atoms with Crippen molar-refractivity contribution >= 4 is 0 Å². The lowest BCUT2D eigenvalue weighted by Crippen LogP contribution is -2.18. The van der Waals surface area contributed by atoms with Gasteiger partial charge in [0.05, 0.1) is 6.10 Å². The van der Waals surface area contributed by atoms with E-state index in [2.05, 4.69) is 25.3 Å². The molecule has 1 aliphatic heterocycles. The van der Waals surface area contributed by atoms with Gasteiger partial charge in [-0.3, -0.25) is 4.90 Å². The third-order valence-corrected chi connectivity index (χ3v) is 2.27. The van der Waals surface area contributed by atoms with Crippen LogP contribution in [0.1, 0.15) is 20.3 Å². The zero-order chi connectivity index (χ0) is 9.14. The standard InChI is InChI=1S/C10H19NO/c1-4-10(12)7-11-6-9(11)5-8(2)3/h4,8-10,12H,1,5-7H2,2-3H3/t9-,10+,11?/m0/s1. The molecule has 0 amide bonds. The van der Waals surface area contributed by atoms with Crippen molar-refractivity contribution in [1.29, 1.82) is 0 Å². The highest BCUT2D eigenvalue weighted by Gasteiger charge is 2.34. The van der Waals surface area contributed by atoms with Crippen LogP contribution in [0.5, 0.6) is 0 Å². The largest absolute Gasteiger partial charge is 0.388 e. The highest BCUT2D eigenvalue weighted by Crippen LogP contribution is 2.24. The molecule has 0 saturated carbocycles. The minimum Gasteiger partial charge on any atom is -0.388 e. The first kappa shape index (κ1) is 9.75. The van der Waals surface area contributed by atoms with Crippen molar-refractivity contribution in [3.63, 3.8) is 0 Å². The normalized spacial score (nSPS) is 30.3. The van der Waals surface area contributed by atoms with Crippen LogP contribution in [0.3, 0.4) is 0 Å². The molecule has 0 bridgehead atoms. The Morgan fingerprint density at radius 3 is 2.83 bits per heavy atom. The SMILES string of the molecule is C=C[C@@H](O)CN1C[C@@H]1CC(C)C. The maximum absolute atomic E-state index is 9.26. The number of aliphatic hydroxyl groups excluding tert-OH is 1. The van der Waals surface area contributed by atoms with Crippen LogP contribution in [0.4, 0.5) is 0 Å². The molecule has 0 spiro atoms. The summed E-state index contributed by atoms with van der Waals surface area (Å²) in [6.45, 7) is 9.94. The lowest BCUT2D eigenvalue weighted by Gasteiger charge is -2.07. The Morgan fingerprint density at radius 1 is 1.67 bits per heavy atom. The van der Waals surface area contributed by atoms with Crippen LogP contribution in [0.25, 0.3) is 0 Å². The van der Waals surface area contributed by atoms with Crippen LogP contribution >= 0.6 is 0 Å². The molecule has 0 aliphatic carbocycles. The molecule has 0 radical (unpaired) electrons. The Hall–Kier alpha value is -0.340. The molecular weight excluding hydrogens is 150 g/mol. The number of nitrogens with zero attached hydrogens (tertiary/aromatic N) is 1. The van der Waals surface area contributed by atoms with E-state index in [9.17, 15) is 5.11 Å². The average molecular weight is 169 g/mol. The highest BCUT2D eigenvalue weighted by atomic mass is 16.3. The molecule has 0 aromatic carbocycles. The lowest BCUT2D eigenvalue weighted by molar-refractivity contribution is 0.194. The summed E-state index contributed by atoms with van der Waals surface area (Å²) in [4.78, 5) is 2.30. The first-order valence-corrected chi connectivity index (χ1v) is 4.68.